The largest absolute Gasteiger partial charge is 0.335 e. The summed E-state index contributed by atoms with van der Waals surface area (Å²) in [6.07, 6.45) is 0.986. The van der Waals surface area contributed by atoms with Crippen molar-refractivity contribution in [1.82, 2.24) is 14.9 Å². The molecule has 3 rings (SSSR count). The molecule has 152 valence electrons. The maximum absolute atomic E-state index is 13.1. The average molecular weight is 414 g/mol. The molecule has 3 aromatic rings. The molecule has 29 heavy (non-hydrogen) atoms. The second-order valence-corrected chi connectivity index (χ2v) is 8.14. The van der Waals surface area contributed by atoms with Crippen molar-refractivity contribution in [1.29, 1.82) is 0 Å². The number of hydrogen-bond acceptors (Lipinski definition) is 5. The number of aromatic nitrogens is 3. The molecular weight excluding hydrogens is 389 g/mol. The van der Waals surface area contributed by atoms with Gasteiger partial charge in [-0.3, -0.25) is 4.79 Å². The molecular formula is C21H24FN5OS. The van der Waals surface area contributed by atoms with Gasteiger partial charge < -0.3 is 11.2 Å². The number of thioether (sulfide) groups is 1. The highest BCUT2D eigenvalue weighted by Crippen LogP contribution is 2.29. The van der Waals surface area contributed by atoms with Gasteiger partial charge in [-0.05, 0) is 55.2 Å². The van der Waals surface area contributed by atoms with Gasteiger partial charge in [-0.1, -0.05) is 43.8 Å². The molecule has 0 saturated heterocycles. The van der Waals surface area contributed by atoms with Crippen molar-refractivity contribution in [2.24, 2.45) is 0 Å². The maximum atomic E-state index is 13.1. The number of benzene rings is 2. The number of hydrogen-bond donors (Lipinski definition) is 2. The molecule has 2 atom stereocenters. The van der Waals surface area contributed by atoms with Crippen LogP contribution in [0.5, 0.6) is 0 Å². The van der Waals surface area contributed by atoms with Crippen LogP contribution in [0.25, 0.3) is 11.4 Å². The summed E-state index contributed by atoms with van der Waals surface area (Å²) >= 11 is 1.21. The van der Waals surface area contributed by atoms with Crippen molar-refractivity contribution in [2.75, 3.05) is 11.2 Å². The third-order valence-corrected chi connectivity index (χ3v) is 5.84. The van der Waals surface area contributed by atoms with Gasteiger partial charge in [-0.2, -0.15) is 0 Å². The zero-order valence-corrected chi connectivity index (χ0v) is 17.4. The molecule has 8 heteroatoms. The summed E-state index contributed by atoms with van der Waals surface area (Å²) in [6, 6.07) is 13.7. The van der Waals surface area contributed by atoms with E-state index in [9.17, 15) is 9.18 Å². The van der Waals surface area contributed by atoms with Crippen LogP contribution in [0.2, 0.25) is 0 Å². The minimum Gasteiger partial charge on any atom is -0.335 e. The van der Waals surface area contributed by atoms with E-state index in [0.717, 1.165) is 17.7 Å². The van der Waals surface area contributed by atoms with Crippen LogP contribution in [-0.2, 0) is 4.79 Å². The molecule has 2 aromatic carbocycles. The highest BCUT2D eigenvalue weighted by Gasteiger charge is 2.21. The Labute approximate surface area is 173 Å². The number of para-hydroxylation sites is 1. The van der Waals surface area contributed by atoms with Crippen LogP contribution in [-0.4, -0.2) is 26.0 Å². The van der Waals surface area contributed by atoms with Crippen molar-refractivity contribution in [3.63, 3.8) is 0 Å². The molecule has 0 aliphatic heterocycles. The van der Waals surface area contributed by atoms with Crippen LogP contribution >= 0.6 is 11.8 Å². The van der Waals surface area contributed by atoms with Gasteiger partial charge in [-0.25, -0.2) is 9.07 Å². The highest BCUT2D eigenvalue weighted by atomic mass is 32.2. The van der Waals surface area contributed by atoms with E-state index >= 15 is 0 Å². The second kappa shape index (κ2) is 9.09. The van der Waals surface area contributed by atoms with Gasteiger partial charge in [0, 0.05) is 11.3 Å². The number of nitrogens with one attached hydrogen (secondary N) is 1. The number of nitrogens with two attached hydrogens (primary N) is 1. The summed E-state index contributed by atoms with van der Waals surface area (Å²) in [6.45, 7) is 6.05. The van der Waals surface area contributed by atoms with Gasteiger partial charge in [0.1, 0.15) is 5.82 Å². The lowest BCUT2D eigenvalue weighted by Crippen LogP contribution is -2.24. The molecule has 0 bridgehead atoms. The van der Waals surface area contributed by atoms with Crippen LogP contribution in [0.15, 0.2) is 53.7 Å². The predicted molar refractivity (Wildman–Crippen MR) is 115 cm³/mol. The van der Waals surface area contributed by atoms with Gasteiger partial charge >= 0.3 is 0 Å². The first-order chi connectivity index (χ1) is 13.9. The standard InChI is InChI=1S/C21H24FN5OS/c1-4-13(2)17-7-5-6-8-18(17)24-20(28)14(3)29-21-26-25-19(27(21)23)15-9-11-16(22)12-10-15/h5-14H,4,23H2,1-3H3,(H,24,28)/t13-,14+/m1/s1. The third kappa shape index (κ3) is 4.76. The Bertz CT molecular complexity index is 989. The fraction of sp³-hybridized carbons (Fsp3) is 0.286. The molecule has 1 aromatic heterocycles. The Kier molecular flexibility index (Phi) is 6.53. The number of rotatable bonds is 7. The van der Waals surface area contributed by atoms with E-state index in [1.54, 1.807) is 19.1 Å². The van der Waals surface area contributed by atoms with E-state index in [1.165, 1.54) is 28.6 Å². The predicted octanol–water partition coefficient (Wildman–Crippen LogP) is 4.43. The summed E-state index contributed by atoms with van der Waals surface area (Å²) < 4.78 is 14.4. The molecule has 0 aliphatic rings. The normalized spacial score (nSPS) is 13.1. The van der Waals surface area contributed by atoms with E-state index in [2.05, 4.69) is 29.4 Å². The number of amides is 1. The van der Waals surface area contributed by atoms with Crippen molar-refractivity contribution in [3.05, 3.63) is 59.9 Å². The van der Waals surface area contributed by atoms with Crippen molar-refractivity contribution in [3.8, 4) is 11.4 Å². The van der Waals surface area contributed by atoms with Gasteiger partial charge in [0.15, 0.2) is 5.82 Å². The molecule has 1 heterocycles. The lowest BCUT2D eigenvalue weighted by atomic mass is 9.97. The van der Waals surface area contributed by atoms with Crippen LogP contribution in [0, 0.1) is 5.82 Å². The summed E-state index contributed by atoms with van der Waals surface area (Å²) in [5.74, 6) is 6.37. The molecule has 0 saturated carbocycles. The molecule has 0 fully saturated rings. The lowest BCUT2D eigenvalue weighted by Gasteiger charge is -2.17. The molecule has 6 nitrogen and oxygen atoms in total. The van der Waals surface area contributed by atoms with E-state index in [-0.39, 0.29) is 11.7 Å². The number of halogens is 1. The Morgan fingerprint density at radius 3 is 2.55 bits per heavy atom. The van der Waals surface area contributed by atoms with E-state index < -0.39 is 5.25 Å². The SMILES string of the molecule is CC[C@@H](C)c1ccccc1NC(=O)[C@H](C)Sc1nnc(-c2ccc(F)cc2)n1N. The summed E-state index contributed by atoms with van der Waals surface area (Å²) in [7, 11) is 0. The molecule has 0 aliphatic carbocycles. The third-order valence-electron chi connectivity index (χ3n) is 4.78. The lowest BCUT2D eigenvalue weighted by molar-refractivity contribution is -0.115. The summed E-state index contributed by atoms with van der Waals surface area (Å²) in [4.78, 5) is 12.7. The Hall–Kier alpha value is -2.87. The molecule has 3 N–H and O–H groups in total. The molecule has 0 spiro atoms. The van der Waals surface area contributed by atoms with Gasteiger partial charge in [0.25, 0.3) is 0 Å². The minimum atomic E-state index is -0.437. The van der Waals surface area contributed by atoms with Crippen molar-refractivity contribution in [2.45, 2.75) is 43.5 Å². The van der Waals surface area contributed by atoms with Crippen molar-refractivity contribution >= 4 is 23.4 Å². The van der Waals surface area contributed by atoms with Gasteiger partial charge in [0.05, 0.1) is 5.25 Å². The van der Waals surface area contributed by atoms with Crippen LogP contribution in [0.3, 0.4) is 0 Å². The summed E-state index contributed by atoms with van der Waals surface area (Å²) in [5, 5.41) is 11.1. The summed E-state index contributed by atoms with van der Waals surface area (Å²) in [5.41, 5.74) is 2.58. The molecule has 0 radical (unpaired) electrons. The number of nitrogen functional groups attached to an aromatic ring is 1. The second-order valence-electron chi connectivity index (χ2n) is 6.83. The number of nitrogens with zero attached hydrogens (tertiary/aromatic N) is 3. The average Bonchev–Trinajstić information content (AvgIpc) is 3.08. The zero-order chi connectivity index (χ0) is 21.0. The quantitative estimate of drug-likeness (QED) is 0.442. The zero-order valence-electron chi connectivity index (χ0n) is 16.6. The van der Waals surface area contributed by atoms with Crippen molar-refractivity contribution < 1.29 is 9.18 Å². The first-order valence-corrected chi connectivity index (χ1v) is 10.3. The Morgan fingerprint density at radius 2 is 1.86 bits per heavy atom. The van der Waals surface area contributed by atoms with Crippen LogP contribution in [0.4, 0.5) is 10.1 Å². The van der Waals surface area contributed by atoms with Gasteiger partial charge in [0.2, 0.25) is 11.1 Å². The van der Waals surface area contributed by atoms with E-state index in [1.807, 2.05) is 24.3 Å². The molecule has 0 unspecified atom stereocenters. The number of anilines is 1. The first kappa shape index (κ1) is 20.9. The highest BCUT2D eigenvalue weighted by molar-refractivity contribution is 8.00. The smallest absolute Gasteiger partial charge is 0.237 e. The van der Waals surface area contributed by atoms with Crippen LogP contribution < -0.4 is 11.2 Å². The van der Waals surface area contributed by atoms with Gasteiger partial charge in [-0.15, -0.1) is 10.2 Å². The number of carbonyl (C=O) groups is 1. The topological polar surface area (TPSA) is 85.8 Å². The fourth-order valence-corrected chi connectivity index (χ4v) is 3.63. The fourth-order valence-electron chi connectivity index (χ4n) is 2.86. The first-order valence-electron chi connectivity index (χ1n) is 9.43. The Morgan fingerprint density at radius 1 is 1.17 bits per heavy atom. The maximum Gasteiger partial charge on any atom is 0.237 e. The Balaban J connectivity index is 1.72. The number of carbonyl (C=O) groups excluding carboxylic acids is 1. The van der Waals surface area contributed by atoms with E-state index in [4.69, 9.17) is 5.84 Å². The molecule has 1 amide bonds. The monoisotopic (exact) mass is 413 g/mol. The van der Waals surface area contributed by atoms with E-state index in [0.29, 0.717) is 22.5 Å². The van der Waals surface area contributed by atoms with Crippen LogP contribution in [0.1, 0.15) is 38.7 Å². The minimum absolute atomic E-state index is 0.142.